The Morgan fingerprint density at radius 2 is 1.82 bits per heavy atom. The Morgan fingerprint density at radius 3 is 2.45 bits per heavy atom. The molecule has 0 aliphatic rings. The van der Waals surface area contributed by atoms with Gasteiger partial charge >= 0.3 is 5.63 Å². The van der Waals surface area contributed by atoms with Gasteiger partial charge in [0.25, 0.3) is 0 Å². The van der Waals surface area contributed by atoms with E-state index < -0.39 is 5.63 Å². The molecule has 0 aliphatic heterocycles. The first-order valence-corrected chi connectivity index (χ1v) is 6.52. The number of phenols is 2. The van der Waals surface area contributed by atoms with Gasteiger partial charge in [0.2, 0.25) is 5.75 Å². The average Bonchev–Trinajstić information content (AvgIpc) is 2.51. The molecule has 0 fully saturated rings. The zero-order valence-electron chi connectivity index (χ0n) is 12.3. The molecule has 1 heterocycles. The molecular weight excluding hydrogens is 288 g/mol. The molecule has 6 nitrogen and oxygen atoms in total. The second-order valence-electron chi connectivity index (χ2n) is 4.86. The molecule has 0 unspecified atom stereocenters. The van der Waals surface area contributed by atoms with Crippen molar-refractivity contribution in [1.82, 2.24) is 0 Å². The molecule has 0 amide bonds. The fraction of sp³-hybridized carbons (Fsp3) is 0.188. The number of methoxy groups -OCH3 is 2. The van der Waals surface area contributed by atoms with Crippen molar-refractivity contribution in [2.45, 2.75) is 6.92 Å². The highest BCUT2D eigenvalue weighted by atomic mass is 16.5. The molecule has 22 heavy (non-hydrogen) atoms. The van der Waals surface area contributed by atoms with E-state index in [-0.39, 0.29) is 34.0 Å². The summed E-state index contributed by atoms with van der Waals surface area (Å²) in [6, 6.07) is 4.70. The maximum absolute atomic E-state index is 12.3. The number of rotatable bonds is 2. The van der Waals surface area contributed by atoms with Crippen LogP contribution in [-0.4, -0.2) is 24.4 Å². The highest BCUT2D eigenvalue weighted by molar-refractivity contribution is 6.09. The summed E-state index contributed by atoms with van der Waals surface area (Å²) in [5.74, 6) is -0.0509. The van der Waals surface area contributed by atoms with Gasteiger partial charge in [0, 0.05) is 16.3 Å². The lowest BCUT2D eigenvalue weighted by Crippen LogP contribution is -2.04. The fourth-order valence-electron chi connectivity index (χ4n) is 2.56. The van der Waals surface area contributed by atoms with E-state index in [4.69, 9.17) is 13.9 Å². The van der Waals surface area contributed by atoms with E-state index in [2.05, 4.69) is 0 Å². The molecule has 114 valence electrons. The van der Waals surface area contributed by atoms with Gasteiger partial charge in [0.15, 0.2) is 11.5 Å². The highest BCUT2D eigenvalue weighted by Crippen LogP contribution is 2.43. The molecule has 0 atom stereocenters. The number of ether oxygens (including phenoxy) is 2. The zero-order valence-corrected chi connectivity index (χ0v) is 12.3. The van der Waals surface area contributed by atoms with Gasteiger partial charge in [-0.1, -0.05) is 0 Å². The third-order valence-electron chi connectivity index (χ3n) is 3.71. The predicted molar refractivity (Wildman–Crippen MR) is 81.2 cm³/mol. The topological polar surface area (TPSA) is 89.1 Å². The summed E-state index contributed by atoms with van der Waals surface area (Å²) in [7, 11) is 2.75. The first kappa shape index (κ1) is 14.1. The van der Waals surface area contributed by atoms with Gasteiger partial charge in [0.05, 0.1) is 14.2 Å². The summed E-state index contributed by atoms with van der Waals surface area (Å²) in [5, 5.41) is 21.1. The molecule has 3 aromatic rings. The number of hydrogen-bond donors (Lipinski definition) is 2. The van der Waals surface area contributed by atoms with Gasteiger partial charge in [-0.15, -0.1) is 0 Å². The minimum atomic E-state index is -0.661. The van der Waals surface area contributed by atoms with Crippen LogP contribution in [0.15, 0.2) is 27.4 Å². The van der Waals surface area contributed by atoms with Crippen molar-refractivity contribution in [3.63, 3.8) is 0 Å². The number of fused-ring (bicyclic) bond motifs is 3. The lowest BCUT2D eigenvalue weighted by molar-refractivity contribution is 0.342. The molecular formula is C16H14O6. The van der Waals surface area contributed by atoms with Gasteiger partial charge in [0.1, 0.15) is 16.7 Å². The molecule has 0 saturated carbocycles. The normalized spacial score (nSPS) is 11.0. The molecule has 2 aromatic carbocycles. The molecule has 0 aliphatic carbocycles. The summed E-state index contributed by atoms with van der Waals surface area (Å²) in [4.78, 5) is 12.3. The lowest BCUT2D eigenvalue weighted by Gasteiger charge is -2.13. The van der Waals surface area contributed by atoms with E-state index in [1.54, 1.807) is 19.1 Å². The molecule has 6 heteroatoms. The number of aromatic hydroxyl groups is 2. The Hall–Kier alpha value is -2.89. The molecule has 0 spiro atoms. The maximum atomic E-state index is 12.3. The van der Waals surface area contributed by atoms with Crippen LogP contribution in [0.2, 0.25) is 0 Å². The molecule has 3 rings (SSSR count). The number of phenolic OH excluding ortho intramolecular Hbond substituents is 2. The van der Waals surface area contributed by atoms with Gasteiger partial charge in [-0.2, -0.15) is 0 Å². The second-order valence-corrected chi connectivity index (χ2v) is 4.86. The Kier molecular flexibility index (Phi) is 3.09. The van der Waals surface area contributed by atoms with E-state index in [1.165, 1.54) is 20.3 Å². The third-order valence-corrected chi connectivity index (χ3v) is 3.71. The summed E-state index contributed by atoms with van der Waals surface area (Å²) in [5.41, 5.74) is 0.0841. The van der Waals surface area contributed by atoms with Crippen LogP contribution < -0.4 is 15.1 Å². The number of aryl methyl sites for hydroxylation is 1. The zero-order chi connectivity index (χ0) is 16.0. The van der Waals surface area contributed by atoms with Crippen molar-refractivity contribution in [2.75, 3.05) is 14.2 Å². The Bertz CT molecular complexity index is 955. The van der Waals surface area contributed by atoms with Crippen molar-refractivity contribution in [3.05, 3.63) is 34.2 Å². The summed E-state index contributed by atoms with van der Waals surface area (Å²) < 4.78 is 15.6. The van der Waals surface area contributed by atoms with Gasteiger partial charge in [-0.25, -0.2) is 4.79 Å². The van der Waals surface area contributed by atoms with E-state index in [0.717, 1.165) is 0 Å². The van der Waals surface area contributed by atoms with E-state index in [1.807, 2.05) is 0 Å². The van der Waals surface area contributed by atoms with Crippen LogP contribution in [0.25, 0.3) is 21.7 Å². The quantitative estimate of drug-likeness (QED) is 0.559. The molecule has 0 saturated heterocycles. The SMILES string of the molecule is COc1cc2c(c(OC)c1O)c(=O)oc1c(C)c(O)ccc12. The van der Waals surface area contributed by atoms with Crippen LogP contribution in [0.3, 0.4) is 0 Å². The van der Waals surface area contributed by atoms with Crippen molar-refractivity contribution in [1.29, 1.82) is 0 Å². The monoisotopic (exact) mass is 302 g/mol. The van der Waals surface area contributed by atoms with Crippen LogP contribution in [0, 0.1) is 6.92 Å². The Balaban J connectivity index is 2.64. The molecule has 2 N–H and O–H groups in total. The van der Waals surface area contributed by atoms with Crippen molar-refractivity contribution >= 4 is 21.7 Å². The van der Waals surface area contributed by atoms with Gasteiger partial charge < -0.3 is 24.1 Å². The van der Waals surface area contributed by atoms with E-state index in [9.17, 15) is 15.0 Å². The van der Waals surface area contributed by atoms with E-state index >= 15 is 0 Å². The van der Waals surface area contributed by atoms with Crippen LogP contribution in [-0.2, 0) is 0 Å². The van der Waals surface area contributed by atoms with Crippen molar-refractivity contribution in [3.8, 4) is 23.0 Å². The summed E-state index contributed by atoms with van der Waals surface area (Å²) in [6.07, 6.45) is 0. The van der Waals surface area contributed by atoms with Crippen molar-refractivity contribution in [2.24, 2.45) is 0 Å². The number of hydrogen-bond acceptors (Lipinski definition) is 6. The second kappa shape index (κ2) is 4.84. The van der Waals surface area contributed by atoms with Crippen LogP contribution in [0.5, 0.6) is 23.0 Å². The lowest BCUT2D eigenvalue weighted by atomic mass is 10.0. The third kappa shape index (κ3) is 1.77. The minimum absolute atomic E-state index is 0.00396. The molecule has 0 radical (unpaired) electrons. The Labute approximate surface area is 125 Å². The summed E-state index contributed by atoms with van der Waals surface area (Å²) in [6.45, 7) is 1.65. The molecule has 0 bridgehead atoms. The highest BCUT2D eigenvalue weighted by Gasteiger charge is 2.21. The van der Waals surface area contributed by atoms with Crippen LogP contribution in [0.4, 0.5) is 0 Å². The Morgan fingerprint density at radius 1 is 1.09 bits per heavy atom. The minimum Gasteiger partial charge on any atom is -0.508 e. The number of benzene rings is 2. The fourth-order valence-corrected chi connectivity index (χ4v) is 2.56. The van der Waals surface area contributed by atoms with Gasteiger partial charge in [-0.05, 0) is 25.1 Å². The maximum Gasteiger partial charge on any atom is 0.348 e. The largest absolute Gasteiger partial charge is 0.508 e. The van der Waals surface area contributed by atoms with Crippen LogP contribution >= 0.6 is 0 Å². The van der Waals surface area contributed by atoms with E-state index in [0.29, 0.717) is 16.3 Å². The van der Waals surface area contributed by atoms with Crippen LogP contribution in [0.1, 0.15) is 5.56 Å². The predicted octanol–water partition coefficient (Wildman–Crippen LogP) is 2.68. The standard InChI is InChI=1S/C16H14O6/c1-7-10(17)5-4-8-9-6-11(20-2)13(18)15(21-3)12(9)16(19)22-14(7)8/h4-6,17-18H,1-3H3. The smallest absolute Gasteiger partial charge is 0.348 e. The van der Waals surface area contributed by atoms with Crippen molar-refractivity contribution < 1.29 is 24.1 Å². The average molecular weight is 302 g/mol. The molecule has 1 aromatic heterocycles. The summed E-state index contributed by atoms with van der Waals surface area (Å²) >= 11 is 0. The first-order chi connectivity index (χ1) is 10.5. The van der Waals surface area contributed by atoms with Gasteiger partial charge in [-0.3, -0.25) is 0 Å². The first-order valence-electron chi connectivity index (χ1n) is 6.52.